The average molecular weight is 215 g/mol. The number of carbonyl (C=O) groups is 1. The van der Waals surface area contributed by atoms with E-state index in [1.54, 1.807) is 4.90 Å². The molecule has 1 saturated heterocycles. The number of likely N-dealkylation sites (tertiary alicyclic amines) is 1. The summed E-state index contributed by atoms with van der Waals surface area (Å²) in [6.07, 6.45) is 1.59. The third-order valence-corrected chi connectivity index (χ3v) is 2.47. The summed E-state index contributed by atoms with van der Waals surface area (Å²) in [6.45, 7) is 3.71. The van der Waals surface area contributed by atoms with E-state index in [0.29, 0.717) is 11.5 Å². The van der Waals surface area contributed by atoms with Crippen molar-refractivity contribution in [1.29, 1.82) is 0 Å². The molecule has 80 valence electrons. The SMILES string of the molecule is CCCNC(=S)NC1CC(=O)N(C)C1. The molecule has 0 aromatic heterocycles. The quantitative estimate of drug-likeness (QED) is 0.655. The predicted molar refractivity (Wildman–Crippen MR) is 60.1 cm³/mol. The fourth-order valence-electron chi connectivity index (χ4n) is 1.44. The largest absolute Gasteiger partial charge is 0.363 e. The standard InChI is InChI=1S/C9H17N3OS/c1-3-4-10-9(14)11-7-5-8(13)12(2)6-7/h7H,3-6H2,1-2H3,(H2,10,11,14). The van der Waals surface area contributed by atoms with Crippen molar-refractivity contribution in [3.8, 4) is 0 Å². The fourth-order valence-corrected chi connectivity index (χ4v) is 1.70. The Morgan fingerprint density at radius 2 is 2.43 bits per heavy atom. The second-order valence-corrected chi connectivity index (χ2v) is 3.98. The summed E-state index contributed by atoms with van der Waals surface area (Å²) in [6, 6.07) is 0.171. The van der Waals surface area contributed by atoms with E-state index in [0.717, 1.165) is 19.5 Å². The summed E-state index contributed by atoms with van der Waals surface area (Å²) < 4.78 is 0. The van der Waals surface area contributed by atoms with Crippen LogP contribution < -0.4 is 10.6 Å². The van der Waals surface area contributed by atoms with Crippen molar-refractivity contribution in [2.24, 2.45) is 0 Å². The first-order chi connectivity index (χ1) is 6.63. The van der Waals surface area contributed by atoms with Crippen molar-refractivity contribution in [2.45, 2.75) is 25.8 Å². The molecular weight excluding hydrogens is 198 g/mol. The molecule has 0 bridgehead atoms. The topological polar surface area (TPSA) is 44.4 Å². The van der Waals surface area contributed by atoms with Crippen molar-refractivity contribution in [3.05, 3.63) is 0 Å². The molecule has 0 aromatic carbocycles. The third-order valence-electron chi connectivity index (χ3n) is 2.21. The van der Waals surface area contributed by atoms with Gasteiger partial charge in [0.15, 0.2) is 5.11 Å². The van der Waals surface area contributed by atoms with Gasteiger partial charge in [0.2, 0.25) is 5.91 Å². The molecule has 1 aliphatic heterocycles. The Bertz CT molecular complexity index is 232. The molecule has 0 aliphatic carbocycles. The molecule has 4 nitrogen and oxygen atoms in total. The molecule has 1 atom stereocenters. The molecule has 1 aliphatic rings. The summed E-state index contributed by atoms with van der Waals surface area (Å²) in [4.78, 5) is 12.9. The molecule has 0 aromatic rings. The van der Waals surface area contributed by atoms with Crippen LogP contribution in [0.2, 0.25) is 0 Å². The summed E-state index contributed by atoms with van der Waals surface area (Å²) >= 11 is 5.08. The van der Waals surface area contributed by atoms with Crippen molar-refractivity contribution < 1.29 is 4.79 Å². The first-order valence-corrected chi connectivity index (χ1v) is 5.32. The van der Waals surface area contributed by atoms with Gasteiger partial charge in [-0.2, -0.15) is 0 Å². The monoisotopic (exact) mass is 215 g/mol. The van der Waals surface area contributed by atoms with Gasteiger partial charge in [0.25, 0.3) is 0 Å². The number of carbonyl (C=O) groups excluding carboxylic acids is 1. The van der Waals surface area contributed by atoms with E-state index >= 15 is 0 Å². The maximum Gasteiger partial charge on any atom is 0.224 e. The van der Waals surface area contributed by atoms with Gasteiger partial charge in [-0.3, -0.25) is 4.79 Å². The van der Waals surface area contributed by atoms with Crippen LogP contribution in [-0.4, -0.2) is 42.1 Å². The van der Waals surface area contributed by atoms with E-state index in [-0.39, 0.29) is 11.9 Å². The lowest BCUT2D eigenvalue weighted by atomic mass is 10.3. The van der Waals surface area contributed by atoms with Gasteiger partial charge >= 0.3 is 0 Å². The number of likely N-dealkylation sites (N-methyl/N-ethyl adjacent to an activating group) is 1. The smallest absolute Gasteiger partial charge is 0.224 e. The summed E-state index contributed by atoms with van der Waals surface area (Å²) in [5.74, 6) is 0.181. The van der Waals surface area contributed by atoms with Gasteiger partial charge in [-0.1, -0.05) is 6.92 Å². The van der Waals surface area contributed by atoms with Crippen LogP contribution in [0.1, 0.15) is 19.8 Å². The van der Waals surface area contributed by atoms with Crippen LogP contribution in [0.5, 0.6) is 0 Å². The molecule has 0 radical (unpaired) electrons. The number of hydrogen-bond donors (Lipinski definition) is 2. The van der Waals surface area contributed by atoms with Crippen LogP contribution in [0.4, 0.5) is 0 Å². The molecule has 1 fully saturated rings. The molecule has 2 N–H and O–H groups in total. The number of hydrogen-bond acceptors (Lipinski definition) is 2. The Kier molecular flexibility index (Phi) is 4.13. The van der Waals surface area contributed by atoms with Crippen LogP contribution in [0.3, 0.4) is 0 Å². The van der Waals surface area contributed by atoms with Gasteiger partial charge in [0, 0.05) is 26.6 Å². The zero-order valence-corrected chi connectivity index (χ0v) is 9.49. The molecule has 0 saturated carbocycles. The number of rotatable bonds is 3. The van der Waals surface area contributed by atoms with Crippen molar-refractivity contribution in [1.82, 2.24) is 15.5 Å². The molecule has 14 heavy (non-hydrogen) atoms. The second kappa shape index (κ2) is 5.14. The normalized spacial score (nSPS) is 21.1. The molecule has 5 heteroatoms. The third kappa shape index (κ3) is 3.14. The van der Waals surface area contributed by atoms with Crippen molar-refractivity contribution in [2.75, 3.05) is 20.1 Å². The minimum atomic E-state index is 0.171. The molecule has 1 heterocycles. The van der Waals surface area contributed by atoms with Gasteiger partial charge in [-0.15, -0.1) is 0 Å². The lowest BCUT2D eigenvalue weighted by Crippen LogP contribution is -2.43. The van der Waals surface area contributed by atoms with Gasteiger partial charge < -0.3 is 15.5 Å². The van der Waals surface area contributed by atoms with Crippen LogP contribution >= 0.6 is 12.2 Å². The van der Waals surface area contributed by atoms with E-state index < -0.39 is 0 Å². The second-order valence-electron chi connectivity index (χ2n) is 3.58. The Labute approximate surface area is 90.0 Å². The Morgan fingerprint density at radius 1 is 1.71 bits per heavy atom. The van der Waals surface area contributed by atoms with Gasteiger partial charge in [-0.25, -0.2) is 0 Å². The van der Waals surface area contributed by atoms with Crippen LogP contribution in [0.15, 0.2) is 0 Å². The van der Waals surface area contributed by atoms with Gasteiger partial charge in [0.1, 0.15) is 0 Å². The van der Waals surface area contributed by atoms with Gasteiger partial charge in [-0.05, 0) is 18.6 Å². The highest BCUT2D eigenvalue weighted by molar-refractivity contribution is 7.80. The van der Waals surface area contributed by atoms with E-state index in [2.05, 4.69) is 17.6 Å². The molecule has 1 amide bonds. The minimum absolute atomic E-state index is 0.171. The van der Waals surface area contributed by atoms with Crippen molar-refractivity contribution in [3.63, 3.8) is 0 Å². The zero-order valence-electron chi connectivity index (χ0n) is 8.67. The lowest BCUT2D eigenvalue weighted by molar-refractivity contribution is -0.126. The Balaban J connectivity index is 2.25. The highest BCUT2D eigenvalue weighted by Crippen LogP contribution is 2.07. The molecular formula is C9H17N3OS. The summed E-state index contributed by atoms with van der Waals surface area (Å²) in [5, 5.41) is 6.86. The summed E-state index contributed by atoms with van der Waals surface area (Å²) in [5.41, 5.74) is 0. The first kappa shape index (κ1) is 11.2. The van der Waals surface area contributed by atoms with E-state index in [9.17, 15) is 4.79 Å². The Morgan fingerprint density at radius 3 is 2.93 bits per heavy atom. The number of nitrogens with zero attached hydrogens (tertiary/aromatic N) is 1. The van der Waals surface area contributed by atoms with E-state index in [1.807, 2.05) is 7.05 Å². The fraction of sp³-hybridized carbons (Fsp3) is 0.778. The van der Waals surface area contributed by atoms with Crippen LogP contribution in [0, 0.1) is 0 Å². The van der Waals surface area contributed by atoms with Crippen LogP contribution in [-0.2, 0) is 4.79 Å². The maximum absolute atomic E-state index is 11.2. The summed E-state index contributed by atoms with van der Waals surface area (Å²) in [7, 11) is 1.81. The number of thiocarbonyl (C=S) groups is 1. The van der Waals surface area contributed by atoms with Crippen LogP contribution in [0.25, 0.3) is 0 Å². The lowest BCUT2D eigenvalue weighted by Gasteiger charge is -2.15. The molecule has 1 rings (SSSR count). The highest BCUT2D eigenvalue weighted by Gasteiger charge is 2.26. The zero-order chi connectivity index (χ0) is 10.6. The first-order valence-electron chi connectivity index (χ1n) is 4.91. The van der Waals surface area contributed by atoms with E-state index in [1.165, 1.54) is 0 Å². The maximum atomic E-state index is 11.2. The molecule has 0 spiro atoms. The number of amides is 1. The predicted octanol–water partition coefficient (Wildman–Crippen LogP) is 0.0912. The average Bonchev–Trinajstić information content (AvgIpc) is 2.42. The minimum Gasteiger partial charge on any atom is -0.363 e. The van der Waals surface area contributed by atoms with Gasteiger partial charge in [0.05, 0.1) is 6.04 Å². The Hall–Kier alpha value is -0.840. The van der Waals surface area contributed by atoms with E-state index in [4.69, 9.17) is 12.2 Å². The molecule has 1 unspecified atom stereocenters. The highest BCUT2D eigenvalue weighted by atomic mass is 32.1. The van der Waals surface area contributed by atoms with Crippen molar-refractivity contribution >= 4 is 23.2 Å². The number of nitrogens with one attached hydrogen (secondary N) is 2.